The highest BCUT2D eigenvalue weighted by Crippen LogP contribution is 2.13. The van der Waals surface area contributed by atoms with E-state index in [0.717, 1.165) is 4.47 Å². The topological polar surface area (TPSA) is 33.7 Å². The zero-order valence-corrected chi connectivity index (χ0v) is 7.47. The standard InChI is InChI=1S/C8H8BrNO/c1-10-8(11)6-4-2-3-5-7(6)9/h2-5H,1,10H2. The van der Waals surface area contributed by atoms with Crippen molar-refractivity contribution >= 4 is 21.8 Å². The number of rotatable bonds is 1. The van der Waals surface area contributed by atoms with E-state index in [9.17, 15) is 4.79 Å². The van der Waals surface area contributed by atoms with Crippen LogP contribution in [0.25, 0.3) is 0 Å². The molecule has 0 spiro atoms. The summed E-state index contributed by atoms with van der Waals surface area (Å²) in [6.07, 6.45) is 0. The van der Waals surface area contributed by atoms with Crippen LogP contribution >= 0.6 is 15.9 Å². The van der Waals surface area contributed by atoms with Gasteiger partial charge in [-0.05, 0) is 28.1 Å². The van der Waals surface area contributed by atoms with Crippen molar-refractivity contribution in [3.8, 4) is 0 Å². The second kappa shape index (κ2) is 3.64. The average Bonchev–Trinajstić information content (AvgIpc) is 2.04. The number of amides is 1. The Balaban J connectivity index is 3.03. The van der Waals surface area contributed by atoms with Crippen LogP contribution in [0.4, 0.5) is 0 Å². The van der Waals surface area contributed by atoms with Crippen LogP contribution < -0.4 is 5.32 Å². The van der Waals surface area contributed by atoms with Crippen molar-refractivity contribution in [2.24, 2.45) is 0 Å². The van der Waals surface area contributed by atoms with Crippen LogP contribution in [-0.2, 0) is 0 Å². The van der Waals surface area contributed by atoms with Crippen LogP contribution in [0.3, 0.4) is 0 Å². The van der Waals surface area contributed by atoms with Crippen molar-refractivity contribution in [1.82, 2.24) is 0 Å². The Morgan fingerprint density at radius 1 is 1.45 bits per heavy atom. The van der Waals surface area contributed by atoms with Gasteiger partial charge in [-0.25, -0.2) is 4.79 Å². The summed E-state index contributed by atoms with van der Waals surface area (Å²) in [7, 11) is 3.41. The zero-order valence-electron chi connectivity index (χ0n) is 5.88. The van der Waals surface area contributed by atoms with Crippen LogP contribution in [0.15, 0.2) is 28.7 Å². The summed E-state index contributed by atoms with van der Waals surface area (Å²) in [6, 6.07) is 7.27. The highest BCUT2D eigenvalue weighted by molar-refractivity contribution is 9.10. The van der Waals surface area contributed by atoms with E-state index in [1.54, 1.807) is 6.07 Å². The first-order chi connectivity index (χ1) is 5.25. The van der Waals surface area contributed by atoms with Crippen LogP contribution in [0.5, 0.6) is 0 Å². The molecule has 1 rings (SSSR count). The van der Waals surface area contributed by atoms with Crippen molar-refractivity contribution in [1.29, 1.82) is 0 Å². The maximum absolute atomic E-state index is 11.1. The van der Waals surface area contributed by atoms with Gasteiger partial charge in [0, 0.05) is 4.47 Å². The summed E-state index contributed by atoms with van der Waals surface area (Å²) in [5.74, 6) is -0.0579. The Kier molecular flexibility index (Phi) is 2.79. The monoisotopic (exact) mass is 213 g/mol. The first-order valence-electron chi connectivity index (χ1n) is 3.17. The maximum atomic E-state index is 11.1. The SMILES string of the molecule is [CH2-][NH2+]C(=O)c1ccccc1Br. The van der Waals surface area contributed by atoms with E-state index < -0.39 is 0 Å². The fraction of sp³-hybridized carbons (Fsp3) is 0. The van der Waals surface area contributed by atoms with Crippen molar-refractivity contribution in [3.63, 3.8) is 0 Å². The van der Waals surface area contributed by atoms with Crippen molar-refractivity contribution < 1.29 is 10.1 Å². The molecule has 0 heterocycles. The smallest absolute Gasteiger partial charge is 0.317 e. The third-order valence-electron chi connectivity index (χ3n) is 1.32. The minimum Gasteiger partial charge on any atom is -0.411 e. The van der Waals surface area contributed by atoms with Crippen molar-refractivity contribution in [2.75, 3.05) is 0 Å². The molecule has 0 bridgehead atoms. The lowest BCUT2D eigenvalue weighted by Gasteiger charge is -1.99. The molecule has 0 aromatic heterocycles. The molecule has 0 aliphatic rings. The second-order valence-electron chi connectivity index (χ2n) is 2.05. The molecule has 0 atom stereocenters. The first-order valence-corrected chi connectivity index (χ1v) is 3.96. The van der Waals surface area contributed by atoms with E-state index >= 15 is 0 Å². The molecule has 0 saturated heterocycles. The summed E-state index contributed by atoms with van der Waals surface area (Å²) in [4.78, 5) is 11.1. The van der Waals surface area contributed by atoms with Gasteiger partial charge < -0.3 is 5.32 Å². The summed E-state index contributed by atoms with van der Waals surface area (Å²) < 4.78 is 0.810. The number of nitrogens with two attached hydrogens (primary N) is 1. The van der Waals surface area contributed by atoms with E-state index in [-0.39, 0.29) is 5.91 Å². The van der Waals surface area contributed by atoms with E-state index in [1.807, 2.05) is 18.2 Å². The lowest BCUT2D eigenvalue weighted by atomic mass is 10.2. The predicted molar refractivity (Wildman–Crippen MR) is 45.8 cm³/mol. The minimum atomic E-state index is -0.0579. The molecule has 2 nitrogen and oxygen atoms in total. The molecule has 58 valence electrons. The lowest BCUT2D eigenvalue weighted by molar-refractivity contribution is -0.489. The highest BCUT2D eigenvalue weighted by Gasteiger charge is 2.07. The number of benzene rings is 1. The Morgan fingerprint density at radius 2 is 2.09 bits per heavy atom. The van der Waals surface area contributed by atoms with Gasteiger partial charge in [-0.3, -0.25) is 0 Å². The van der Waals surface area contributed by atoms with E-state index in [2.05, 4.69) is 23.0 Å². The van der Waals surface area contributed by atoms with Gasteiger partial charge in [0.25, 0.3) is 0 Å². The number of carbonyl (C=O) groups excluding carboxylic acids is 1. The zero-order chi connectivity index (χ0) is 8.27. The Labute approximate surface area is 73.7 Å². The van der Waals surface area contributed by atoms with E-state index in [4.69, 9.17) is 0 Å². The summed E-state index contributed by atoms with van der Waals surface area (Å²) in [5.41, 5.74) is 0.655. The quantitative estimate of drug-likeness (QED) is 0.693. The van der Waals surface area contributed by atoms with E-state index in [0.29, 0.717) is 5.56 Å². The maximum Gasteiger partial charge on any atom is 0.317 e. The number of carbonyl (C=O) groups is 1. The molecule has 1 aromatic carbocycles. The molecule has 1 aromatic rings. The number of hydrogen-bond acceptors (Lipinski definition) is 1. The molecule has 0 radical (unpaired) electrons. The summed E-state index contributed by atoms with van der Waals surface area (Å²) in [6.45, 7) is 0. The van der Waals surface area contributed by atoms with Crippen LogP contribution in [0.1, 0.15) is 10.4 Å². The van der Waals surface area contributed by atoms with Gasteiger partial charge in [0.2, 0.25) is 0 Å². The van der Waals surface area contributed by atoms with Gasteiger partial charge in [0.15, 0.2) is 0 Å². The van der Waals surface area contributed by atoms with Crippen LogP contribution in [0.2, 0.25) is 0 Å². The molecule has 0 aliphatic heterocycles. The molecule has 2 N–H and O–H groups in total. The van der Waals surface area contributed by atoms with E-state index in [1.165, 1.54) is 5.32 Å². The molecule has 0 saturated carbocycles. The lowest BCUT2D eigenvalue weighted by Crippen LogP contribution is -2.81. The van der Waals surface area contributed by atoms with Gasteiger partial charge >= 0.3 is 5.91 Å². The van der Waals surface area contributed by atoms with Gasteiger partial charge in [0.1, 0.15) is 0 Å². The largest absolute Gasteiger partial charge is 0.411 e. The molecular weight excluding hydrogens is 206 g/mol. The Hall–Kier alpha value is -0.670. The fourth-order valence-corrected chi connectivity index (χ4v) is 1.25. The third kappa shape index (κ3) is 1.88. The highest BCUT2D eigenvalue weighted by atomic mass is 79.9. The Bertz CT molecular complexity index is 273. The number of hydrogen-bond donors (Lipinski definition) is 1. The van der Waals surface area contributed by atoms with Crippen molar-refractivity contribution in [3.05, 3.63) is 41.3 Å². The molecule has 0 unspecified atom stereocenters. The Morgan fingerprint density at radius 3 is 2.64 bits per heavy atom. The molecule has 0 fully saturated rings. The third-order valence-corrected chi connectivity index (χ3v) is 2.02. The predicted octanol–water partition coefficient (Wildman–Crippen LogP) is 0.944. The average molecular weight is 214 g/mol. The van der Waals surface area contributed by atoms with Crippen molar-refractivity contribution in [2.45, 2.75) is 0 Å². The number of primary amides is 1. The van der Waals surface area contributed by atoms with Gasteiger partial charge in [-0.15, -0.1) is 7.05 Å². The van der Waals surface area contributed by atoms with Crippen LogP contribution in [0, 0.1) is 7.05 Å². The normalized spacial score (nSPS) is 9.64. The van der Waals surface area contributed by atoms with Gasteiger partial charge in [0.05, 0.1) is 5.56 Å². The molecule has 1 amide bonds. The summed E-state index contributed by atoms with van der Waals surface area (Å²) >= 11 is 3.27. The summed E-state index contributed by atoms with van der Waals surface area (Å²) in [5, 5.41) is 1.31. The number of quaternary nitrogens is 1. The second-order valence-corrected chi connectivity index (χ2v) is 2.90. The van der Waals surface area contributed by atoms with Gasteiger partial charge in [-0.2, -0.15) is 0 Å². The molecule has 3 heteroatoms. The van der Waals surface area contributed by atoms with Crippen LogP contribution in [-0.4, -0.2) is 5.91 Å². The molecular formula is C8H8BrNO. The molecule has 0 aliphatic carbocycles. The molecule has 11 heavy (non-hydrogen) atoms. The fourth-order valence-electron chi connectivity index (χ4n) is 0.771. The first kappa shape index (κ1) is 8.43. The number of halogens is 1. The van der Waals surface area contributed by atoms with Gasteiger partial charge in [-0.1, -0.05) is 12.1 Å². The minimum absolute atomic E-state index is 0.0579.